The molecule has 19 heavy (non-hydrogen) atoms. The smallest absolute Gasteiger partial charge is 0.123 e. The highest BCUT2D eigenvalue weighted by Gasteiger charge is 2.29. The van der Waals surface area contributed by atoms with Crippen molar-refractivity contribution in [2.75, 3.05) is 6.54 Å². The summed E-state index contributed by atoms with van der Waals surface area (Å²) in [7, 11) is 0. The highest BCUT2D eigenvalue weighted by molar-refractivity contribution is 7.80. The lowest BCUT2D eigenvalue weighted by Crippen LogP contribution is -2.45. The number of hydrogen-bond acceptors (Lipinski definition) is 3. The SMILES string of the molecule is CC1CC(C)C(C)N(Cc2cccnc2C(N)=S)C1. The van der Waals surface area contributed by atoms with Crippen LogP contribution in [0.4, 0.5) is 0 Å². The van der Waals surface area contributed by atoms with E-state index in [0.29, 0.717) is 11.0 Å². The predicted octanol–water partition coefficient (Wildman–Crippen LogP) is 2.58. The fourth-order valence-corrected chi connectivity index (χ4v) is 3.23. The minimum atomic E-state index is 0.390. The van der Waals surface area contributed by atoms with E-state index in [0.717, 1.165) is 36.2 Å². The summed E-state index contributed by atoms with van der Waals surface area (Å²) < 4.78 is 0. The molecule has 3 nitrogen and oxygen atoms in total. The summed E-state index contributed by atoms with van der Waals surface area (Å²) >= 11 is 5.09. The lowest BCUT2D eigenvalue weighted by Gasteiger charge is -2.41. The summed E-state index contributed by atoms with van der Waals surface area (Å²) in [5.74, 6) is 1.48. The summed E-state index contributed by atoms with van der Waals surface area (Å²) in [6.07, 6.45) is 3.07. The zero-order chi connectivity index (χ0) is 14.0. The Morgan fingerprint density at radius 2 is 2.21 bits per heavy atom. The number of thiocarbonyl (C=S) groups is 1. The van der Waals surface area contributed by atoms with E-state index < -0.39 is 0 Å². The Labute approximate surface area is 121 Å². The van der Waals surface area contributed by atoms with Crippen LogP contribution in [-0.2, 0) is 6.54 Å². The number of hydrogen-bond donors (Lipinski definition) is 1. The Morgan fingerprint density at radius 3 is 2.89 bits per heavy atom. The van der Waals surface area contributed by atoms with E-state index in [1.165, 1.54) is 6.42 Å². The van der Waals surface area contributed by atoms with E-state index in [-0.39, 0.29) is 0 Å². The summed E-state index contributed by atoms with van der Waals surface area (Å²) in [5.41, 5.74) is 7.67. The van der Waals surface area contributed by atoms with Gasteiger partial charge in [0.15, 0.2) is 0 Å². The number of piperidine rings is 1. The minimum absolute atomic E-state index is 0.390. The minimum Gasteiger partial charge on any atom is -0.388 e. The van der Waals surface area contributed by atoms with Crippen LogP contribution in [-0.4, -0.2) is 27.5 Å². The topological polar surface area (TPSA) is 42.2 Å². The maximum absolute atomic E-state index is 5.76. The van der Waals surface area contributed by atoms with E-state index >= 15 is 0 Å². The van der Waals surface area contributed by atoms with Crippen LogP contribution >= 0.6 is 12.2 Å². The van der Waals surface area contributed by atoms with Gasteiger partial charge in [-0.15, -0.1) is 0 Å². The summed E-state index contributed by atoms with van der Waals surface area (Å²) in [6.45, 7) is 9.00. The molecule has 3 atom stereocenters. The second-order valence-corrected chi connectivity index (χ2v) is 6.30. The van der Waals surface area contributed by atoms with Crippen LogP contribution in [0.1, 0.15) is 38.4 Å². The van der Waals surface area contributed by atoms with E-state index in [4.69, 9.17) is 18.0 Å². The fraction of sp³-hybridized carbons (Fsp3) is 0.600. The van der Waals surface area contributed by atoms with Crippen molar-refractivity contribution in [3.8, 4) is 0 Å². The number of aromatic nitrogens is 1. The van der Waals surface area contributed by atoms with Crippen LogP contribution < -0.4 is 5.73 Å². The molecule has 0 spiro atoms. The van der Waals surface area contributed by atoms with E-state index in [1.807, 2.05) is 6.07 Å². The van der Waals surface area contributed by atoms with Crippen molar-refractivity contribution >= 4 is 17.2 Å². The van der Waals surface area contributed by atoms with Crippen LogP contribution in [0.5, 0.6) is 0 Å². The first kappa shape index (κ1) is 14.4. The average Bonchev–Trinajstić information content (AvgIpc) is 2.35. The molecule has 1 aromatic heterocycles. The zero-order valence-electron chi connectivity index (χ0n) is 12.0. The van der Waals surface area contributed by atoms with Gasteiger partial charge in [0.05, 0.1) is 0 Å². The van der Waals surface area contributed by atoms with Gasteiger partial charge in [0.1, 0.15) is 10.7 Å². The van der Waals surface area contributed by atoms with Crippen molar-refractivity contribution in [1.82, 2.24) is 9.88 Å². The summed E-state index contributed by atoms with van der Waals surface area (Å²) in [6, 6.07) is 4.63. The van der Waals surface area contributed by atoms with Gasteiger partial charge in [0.2, 0.25) is 0 Å². The highest BCUT2D eigenvalue weighted by atomic mass is 32.1. The van der Waals surface area contributed by atoms with E-state index in [9.17, 15) is 0 Å². The maximum Gasteiger partial charge on any atom is 0.123 e. The molecule has 2 N–H and O–H groups in total. The van der Waals surface area contributed by atoms with Crippen LogP contribution in [0.25, 0.3) is 0 Å². The van der Waals surface area contributed by atoms with Crippen molar-refractivity contribution in [1.29, 1.82) is 0 Å². The monoisotopic (exact) mass is 277 g/mol. The molecule has 2 heterocycles. The Morgan fingerprint density at radius 1 is 1.47 bits per heavy atom. The molecule has 1 aliphatic rings. The van der Waals surface area contributed by atoms with Crippen LogP contribution in [0.15, 0.2) is 18.3 Å². The molecule has 0 saturated carbocycles. The van der Waals surface area contributed by atoms with Gasteiger partial charge in [0.25, 0.3) is 0 Å². The average molecular weight is 277 g/mol. The Balaban J connectivity index is 2.18. The van der Waals surface area contributed by atoms with Gasteiger partial charge in [-0.3, -0.25) is 9.88 Å². The van der Waals surface area contributed by atoms with Crippen molar-refractivity contribution in [3.05, 3.63) is 29.6 Å². The van der Waals surface area contributed by atoms with Crippen LogP contribution in [0.3, 0.4) is 0 Å². The van der Waals surface area contributed by atoms with Crippen LogP contribution in [0.2, 0.25) is 0 Å². The molecule has 0 radical (unpaired) electrons. The van der Waals surface area contributed by atoms with Crippen molar-refractivity contribution in [2.45, 2.75) is 39.8 Å². The molecule has 1 aliphatic heterocycles. The first-order valence-corrected chi connectivity index (χ1v) is 7.37. The zero-order valence-corrected chi connectivity index (χ0v) is 12.8. The Kier molecular flexibility index (Phi) is 4.53. The molecule has 104 valence electrons. The molecule has 4 heteroatoms. The van der Waals surface area contributed by atoms with Gasteiger partial charge in [0, 0.05) is 25.3 Å². The molecule has 0 aliphatic carbocycles. The first-order chi connectivity index (χ1) is 8.99. The maximum atomic E-state index is 5.76. The van der Waals surface area contributed by atoms with Gasteiger partial charge < -0.3 is 5.73 Å². The van der Waals surface area contributed by atoms with Gasteiger partial charge in [-0.1, -0.05) is 32.1 Å². The molecular formula is C15H23N3S. The quantitative estimate of drug-likeness (QED) is 0.862. The van der Waals surface area contributed by atoms with E-state index in [1.54, 1.807) is 6.20 Å². The number of pyridine rings is 1. The second-order valence-electron chi connectivity index (χ2n) is 5.86. The Bertz CT molecular complexity index is 460. The number of nitrogens with zero attached hydrogens (tertiary/aromatic N) is 2. The third-order valence-electron chi connectivity index (χ3n) is 4.22. The van der Waals surface area contributed by atoms with Crippen molar-refractivity contribution in [3.63, 3.8) is 0 Å². The largest absolute Gasteiger partial charge is 0.388 e. The van der Waals surface area contributed by atoms with E-state index in [2.05, 4.69) is 36.7 Å². The Hall–Kier alpha value is -1.00. The summed E-state index contributed by atoms with van der Waals surface area (Å²) in [5, 5.41) is 0. The predicted molar refractivity (Wildman–Crippen MR) is 82.9 cm³/mol. The molecule has 3 unspecified atom stereocenters. The molecule has 0 amide bonds. The van der Waals surface area contributed by atoms with Crippen LogP contribution in [0, 0.1) is 11.8 Å². The first-order valence-electron chi connectivity index (χ1n) is 6.96. The normalized spacial score (nSPS) is 28.3. The molecule has 1 saturated heterocycles. The third-order valence-corrected chi connectivity index (χ3v) is 4.41. The van der Waals surface area contributed by atoms with Crippen molar-refractivity contribution < 1.29 is 0 Å². The molecular weight excluding hydrogens is 254 g/mol. The molecule has 0 aromatic carbocycles. The van der Waals surface area contributed by atoms with Gasteiger partial charge in [-0.25, -0.2) is 0 Å². The fourth-order valence-electron chi connectivity index (χ4n) is 3.05. The standard InChI is InChI=1S/C15H23N3S/c1-10-7-11(2)12(3)18(8-10)9-13-5-4-6-17-14(13)15(16)19/h4-6,10-12H,7-9H2,1-3H3,(H2,16,19). The van der Waals surface area contributed by atoms with Gasteiger partial charge >= 0.3 is 0 Å². The number of rotatable bonds is 3. The molecule has 2 rings (SSSR count). The number of likely N-dealkylation sites (tertiary alicyclic amines) is 1. The number of nitrogens with two attached hydrogens (primary N) is 1. The molecule has 0 bridgehead atoms. The summed E-state index contributed by atoms with van der Waals surface area (Å²) in [4.78, 5) is 7.23. The molecule has 1 aromatic rings. The van der Waals surface area contributed by atoms with Gasteiger partial charge in [-0.05, 0) is 36.8 Å². The lowest BCUT2D eigenvalue weighted by atomic mass is 9.85. The van der Waals surface area contributed by atoms with Crippen molar-refractivity contribution in [2.24, 2.45) is 17.6 Å². The second kappa shape index (κ2) is 5.97. The third kappa shape index (κ3) is 3.31. The van der Waals surface area contributed by atoms with Gasteiger partial charge in [-0.2, -0.15) is 0 Å². The molecule has 1 fully saturated rings. The lowest BCUT2D eigenvalue weighted by molar-refractivity contribution is 0.0728. The highest BCUT2D eigenvalue weighted by Crippen LogP contribution is 2.28.